The minimum absolute atomic E-state index is 0.0912. The predicted octanol–water partition coefficient (Wildman–Crippen LogP) is 1.19. The molecule has 0 bridgehead atoms. The molecule has 7 N–H and O–H groups in total. The second-order valence-corrected chi connectivity index (χ2v) is 11.1. The number of aliphatic hydroxyl groups excluding tert-OH is 2. The van der Waals surface area contributed by atoms with Crippen LogP contribution in [0.4, 0.5) is 11.8 Å². The van der Waals surface area contributed by atoms with Gasteiger partial charge in [0.05, 0.1) is 11.8 Å². The molecule has 14 nitrogen and oxygen atoms in total. The van der Waals surface area contributed by atoms with Crippen LogP contribution < -0.4 is 21.1 Å². The van der Waals surface area contributed by atoms with Gasteiger partial charge in [0.2, 0.25) is 5.95 Å². The number of rotatable bonds is 10. The number of hydrogen-bond donors (Lipinski definition) is 5. The Morgan fingerprint density at radius 2 is 1.95 bits per heavy atom. The fourth-order valence-electron chi connectivity index (χ4n) is 4.11. The number of para-hydroxylation sites is 1. The lowest BCUT2D eigenvalue weighted by atomic mass is 9.96. The molecule has 4 rings (SSSR count). The van der Waals surface area contributed by atoms with E-state index in [1.165, 1.54) is 23.6 Å². The summed E-state index contributed by atoms with van der Waals surface area (Å²) in [7, 11) is -4.36. The van der Waals surface area contributed by atoms with E-state index in [4.69, 9.17) is 36.4 Å². The van der Waals surface area contributed by atoms with Crippen LogP contribution >= 0.6 is 7.75 Å². The summed E-state index contributed by atoms with van der Waals surface area (Å²) in [6.07, 6.45) is 0.874. The molecule has 3 heterocycles. The standard InChI is InChI=1S/C25H31N6O8P/c1-5-25(21(33)19(32)20(38-25)17-11-12-18-22(26)28-24(27)29-31(17)18)13-36-40(35,39-16-9-7-6-8-10-16)30-15(4)23(34)37-14(2)3/h1,6-12,14-15,19-21,32-33H,13H2,2-4H3,(H,30,35)(H4,26,27,28,29)/t15-,19?,20-,21+,25+,40-/m0/s1. The van der Waals surface area contributed by atoms with Gasteiger partial charge in [0.15, 0.2) is 11.4 Å². The zero-order valence-electron chi connectivity index (χ0n) is 22.0. The summed E-state index contributed by atoms with van der Waals surface area (Å²) < 4.78 is 37.6. The number of aliphatic hydroxyl groups is 2. The van der Waals surface area contributed by atoms with E-state index in [-0.39, 0.29) is 23.2 Å². The molecule has 0 aliphatic carbocycles. The topological polar surface area (TPSA) is 206 Å². The molecule has 214 valence electrons. The van der Waals surface area contributed by atoms with Crippen LogP contribution in [0.5, 0.6) is 5.75 Å². The van der Waals surface area contributed by atoms with Crippen molar-refractivity contribution in [2.75, 3.05) is 18.1 Å². The third-order valence-corrected chi connectivity index (χ3v) is 7.67. The van der Waals surface area contributed by atoms with E-state index in [0.29, 0.717) is 5.52 Å². The van der Waals surface area contributed by atoms with Crippen LogP contribution in [0.15, 0.2) is 42.5 Å². The Kier molecular flexibility index (Phi) is 8.36. The van der Waals surface area contributed by atoms with Gasteiger partial charge in [0, 0.05) is 0 Å². The molecule has 1 aliphatic rings. The van der Waals surface area contributed by atoms with E-state index in [9.17, 15) is 19.6 Å². The number of esters is 1. The molecule has 0 amide bonds. The maximum absolute atomic E-state index is 13.9. The SMILES string of the molecule is C#C[C@]1(CO[P@@](=O)(N[C@@H](C)C(=O)OC(C)C)Oc2ccccc2)O[C@@H](c2ccc3c(N)nc(N)nn23)C(O)[C@H]1O. The number of nitrogens with two attached hydrogens (primary N) is 2. The van der Waals surface area contributed by atoms with Crippen molar-refractivity contribution in [2.24, 2.45) is 0 Å². The van der Waals surface area contributed by atoms with Crippen LogP contribution in [-0.4, -0.2) is 67.3 Å². The first-order valence-corrected chi connectivity index (χ1v) is 13.8. The van der Waals surface area contributed by atoms with Crippen molar-refractivity contribution in [3.8, 4) is 18.1 Å². The van der Waals surface area contributed by atoms with Crippen LogP contribution in [0.3, 0.4) is 0 Å². The average Bonchev–Trinajstić information content (AvgIpc) is 3.42. The largest absolute Gasteiger partial charge is 0.462 e. The number of nitrogen functional groups attached to an aromatic ring is 2. The first-order valence-electron chi connectivity index (χ1n) is 12.3. The second kappa shape index (κ2) is 11.4. The van der Waals surface area contributed by atoms with Gasteiger partial charge in [-0.1, -0.05) is 24.1 Å². The van der Waals surface area contributed by atoms with E-state index in [1.807, 2.05) is 0 Å². The molecule has 2 aromatic heterocycles. The molecule has 1 fully saturated rings. The maximum Gasteiger partial charge on any atom is 0.459 e. The van der Waals surface area contributed by atoms with Crippen molar-refractivity contribution >= 4 is 31.0 Å². The van der Waals surface area contributed by atoms with Gasteiger partial charge in [-0.25, -0.2) is 9.08 Å². The number of nitrogens with one attached hydrogen (secondary N) is 1. The zero-order valence-corrected chi connectivity index (χ0v) is 22.9. The van der Waals surface area contributed by atoms with Crippen LogP contribution in [-0.2, 0) is 23.4 Å². The Balaban J connectivity index is 1.61. The molecule has 1 saturated heterocycles. The number of terminal acetylenes is 1. The Bertz CT molecular complexity index is 1460. The van der Waals surface area contributed by atoms with Gasteiger partial charge in [-0.05, 0) is 45.0 Å². The first-order chi connectivity index (χ1) is 18.9. The number of fused-ring (bicyclic) bond motifs is 1. The summed E-state index contributed by atoms with van der Waals surface area (Å²) in [5.41, 5.74) is 10.3. The lowest BCUT2D eigenvalue weighted by molar-refractivity contribution is -0.149. The summed E-state index contributed by atoms with van der Waals surface area (Å²) >= 11 is 0. The monoisotopic (exact) mass is 574 g/mol. The molecular weight excluding hydrogens is 543 g/mol. The third kappa shape index (κ3) is 5.90. The maximum atomic E-state index is 13.9. The number of benzene rings is 1. The highest BCUT2D eigenvalue weighted by Crippen LogP contribution is 2.48. The molecule has 15 heteroatoms. The fourth-order valence-corrected chi connectivity index (χ4v) is 5.63. The number of carbonyl (C=O) groups excluding carboxylic acids is 1. The lowest BCUT2D eigenvalue weighted by Gasteiger charge is -2.29. The van der Waals surface area contributed by atoms with Crippen molar-refractivity contribution in [1.29, 1.82) is 0 Å². The van der Waals surface area contributed by atoms with Gasteiger partial charge in [-0.2, -0.15) is 10.1 Å². The minimum atomic E-state index is -4.36. The highest BCUT2D eigenvalue weighted by molar-refractivity contribution is 7.52. The molecule has 0 radical (unpaired) electrons. The molecular formula is C25H31N6O8P. The van der Waals surface area contributed by atoms with E-state index < -0.39 is 56.4 Å². The summed E-state index contributed by atoms with van der Waals surface area (Å²) in [4.78, 5) is 16.3. The smallest absolute Gasteiger partial charge is 0.459 e. The van der Waals surface area contributed by atoms with Crippen molar-refractivity contribution in [3.63, 3.8) is 0 Å². The quantitative estimate of drug-likeness (QED) is 0.131. The highest BCUT2D eigenvalue weighted by atomic mass is 31.2. The zero-order chi connectivity index (χ0) is 29.2. The number of ether oxygens (including phenoxy) is 2. The lowest BCUT2D eigenvalue weighted by Crippen LogP contribution is -2.46. The van der Waals surface area contributed by atoms with Crippen molar-refractivity contribution in [3.05, 3.63) is 48.2 Å². The van der Waals surface area contributed by atoms with Crippen LogP contribution in [0, 0.1) is 12.3 Å². The van der Waals surface area contributed by atoms with Gasteiger partial charge in [-0.3, -0.25) is 9.32 Å². The Morgan fingerprint density at radius 3 is 2.60 bits per heavy atom. The van der Waals surface area contributed by atoms with Crippen LogP contribution in [0.2, 0.25) is 0 Å². The van der Waals surface area contributed by atoms with Crippen molar-refractivity contribution in [2.45, 2.75) is 56.8 Å². The van der Waals surface area contributed by atoms with E-state index in [0.717, 1.165) is 0 Å². The molecule has 1 aliphatic heterocycles. The normalized spacial score (nSPS) is 24.9. The molecule has 6 atom stereocenters. The Morgan fingerprint density at radius 1 is 1.25 bits per heavy atom. The van der Waals surface area contributed by atoms with E-state index in [1.54, 1.807) is 44.2 Å². The summed E-state index contributed by atoms with van der Waals surface area (Å²) in [5.74, 6) is 1.74. The Hall–Kier alpha value is -3.70. The van der Waals surface area contributed by atoms with Gasteiger partial charge >= 0.3 is 13.7 Å². The van der Waals surface area contributed by atoms with Gasteiger partial charge in [-0.15, -0.1) is 11.5 Å². The summed E-state index contributed by atoms with van der Waals surface area (Å²) in [5, 5.41) is 28.6. The van der Waals surface area contributed by atoms with Crippen LogP contribution in [0.1, 0.15) is 32.6 Å². The van der Waals surface area contributed by atoms with E-state index >= 15 is 0 Å². The number of aromatic nitrogens is 3. The van der Waals surface area contributed by atoms with Gasteiger partial charge < -0.3 is 35.7 Å². The van der Waals surface area contributed by atoms with Gasteiger partial charge in [0.1, 0.15) is 42.2 Å². The average molecular weight is 575 g/mol. The second-order valence-electron chi connectivity index (χ2n) is 9.43. The summed E-state index contributed by atoms with van der Waals surface area (Å²) in [6, 6.07) is 10.1. The number of carbonyl (C=O) groups is 1. The Labute approximate surface area is 230 Å². The minimum Gasteiger partial charge on any atom is -0.462 e. The van der Waals surface area contributed by atoms with Crippen molar-refractivity contribution in [1.82, 2.24) is 19.7 Å². The molecule has 1 unspecified atom stereocenters. The molecule has 0 spiro atoms. The number of hydrogen-bond acceptors (Lipinski definition) is 12. The molecule has 0 saturated carbocycles. The molecule has 40 heavy (non-hydrogen) atoms. The van der Waals surface area contributed by atoms with E-state index in [2.05, 4.69) is 21.1 Å². The van der Waals surface area contributed by atoms with Gasteiger partial charge in [0.25, 0.3) is 0 Å². The third-order valence-electron chi connectivity index (χ3n) is 6.04. The fraction of sp³-hybridized carbons (Fsp3) is 0.400. The molecule has 1 aromatic carbocycles. The highest BCUT2D eigenvalue weighted by Gasteiger charge is 2.56. The number of nitrogens with zero attached hydrogens (tertiary/aromatic N) is 3. The summed E-state index contributed by atoms with van der Waals surface area (Å²) in [6.45, 7) is 4.05. The first kappa shape index (κ1) is 29.3. The van der Waals surface area contributed by atoms with Crippen LogP contribution in [0.25, 0.3) is 5.52 Å². The molecule has 3 aromatic rings. The predicted molar refractivity (Wildman–Crippen MR) is 144 cm³/mol. The number of anilines is 2. The van der Waals surface area contributed by atoms with Crippen molar-refractivity contribution < 1.29 is 38.1 Å².